The fourth-order valence-corrected chi connectivity index (χ4v) is 6.10. The Balaban J connectivity index is 2.50. The molecule has 1 spiro atoms. The maximum absolute atomic E-state index is 11.9. The zero-order valence-corrected chi connectivity index (χ0v) is 12.7. The van der Waals surface area contributed by atoms with E-state index in [9.17, 15) is 9.59 Å². The van der Waals surface area contributed by atoms with Crippen LogP contribution >= 0.6 is 7.51 Å². The van der Waals surface area contributed by atoms with E-state index >= 15 is 0 Å². The zero-order chi connectivity index (χ0) is 14.6. The van der Waals surface area contributed by atoms with E-state index in [0.29, 0.717) is 0 Å². The van der Waals surface area contributed by atoms with Crippen LogP contribution in [0.4, 0.5) is 0 Å². The topological polar surface area (TPSA) is 71.1 Å². The Labute approximate surface area is 112 Å². The molecule has 0 unspecified atom stereocenters. The maximum atomic E-state index is 11.9. The van der Waals surface area contributed by atoms with Gasteiger partial charge >= 0.3 is 111 Å². The van der Waals surface area contributed by atoms with Gasteiger partial charge in [-0.15, -0.1) is 0 Å². The summed E-state index contributed by atoms with van der Waals surface area (Å²) in [5.74, 6) is -1.17. The van der Waals surface area contributed by atoms with Gasteiger partial charge in [-0.1, -0.05) is 0 Å². The molecule has 2 fully saturated rings. The van der Waals surface area contributed by atoms with Crippen molar-refractivity contribution >= 4 is 19.4 Å². The van der Waals surface area contributed by atoms with Crippen LogP contribution in [0.2, 0.25) is 0 Å². The fraction of sp³-hybridized carbons (Fsp3) is 0.667. The van der Waals surface area contributed by atoms with Crippen molar-refractivity contribution in [2.75, 3.05) is 6.16 Å². The van der Waals surface area contributed by atoms with Gasteiger partial charge < -0.3 is 0 Å². The van der Waals surface area contributed by atoms with Crippen LogP contribution in [0.25, 0.3) is 0 Å². The van der Waals surface area contributed by atoms with Gasteiger partial charge in [0.25, 0.3) is 0 Å². The second-order valence-electron chi connectivity index (χ2n) is 5.68. The molecule has 0 bridgehead atoms. The van der Waals surface area contributed by atoms with E-state index in [1.807, 2.05) is 0 Å². The molecule has 2 rings (SSSR count). The minimum atomic E-state index is -4.21. The third kappa shape index (κ3) is 2.08. The van der Waals surface area contributed by atoms with Gasteiger partial charge in [-0.25, -0.2) is 0 Å². The molecule has 0 N–H and O–H groups in total. The molecule has 2 heterocycles. The second-order valence-corrected chi connectivity index (χ2v) is 8.70. The molecule has 0 aromatic rings. The molecule has 19 heavy (non-hydrogen) atoms. The van der Waals surface area contributed by atoms with Crippen LogP contribution in [0.3, 0.4) is 0 Å². The molecule has 2 saturated heterocycles. The first-order valence-electron chi connectivity index (χ1n) is 6.09. The van der Waals surface area contributed by atoms with Crippen molar-refractivity contribution < 1.29 is 27.7 Å². The Bertz CT molecular complexity index is 443. The van der Waals surface area contributed by atoms with Gasteiger partial charge in [0.05, 0.1) is 0 Å². The first kappa shape index (κ1) is 14.4. The van der Waals surface area contributed by atoms with E-state index in [2.05, 4.69) is 0 Å². The number of carbonyl (C=O) groups excluding carboxylic acids is 2. The molecule has 0 aliphatic carbocycles. The predicted molar refractivity (Wildman–Crippen MR) is 69.1 cm³/mol. The number of carbonyl (C=O) groups is 2. The molecule has 7 heteroatoms. The molecule has 0 atom stereocenters. The molecule has 2 aliphatic rings. The molecular weight excluding hydrogens is 271 g/mol. The summed E-state index contributed by atoms with van der Waals surface area (Å²) >= 11 is 0. The number of hydrogen-bond acceptors (Lipinski definition) is 6. The van der Waals surface area contributed by atoms with Crippen LogP contribution in [0, 0.1) is 0 Å². The molecule has 108 valence electrons. The van der Waals surface area contributed by atoms with Gasteiger partial charge in [-0.2, -0.15) is 0 Å². The van der Waals surface area contributed by atoms with Gasteiger partial charge in [-0.05, 0) is 0 Å². The van der Waals surface area contributed by atoms with E-state index in [1.165, 1.54) is 0 Å². The van der Waals surface area contributed by atoms with Gasteiger partial charge in [0.15, 0.2) is 0 Å². The van der Waals surface area contributed by atoms with Crippen molar-refractivity contribution in [3.63, 3.8) is 0 Å². The summed E-state index contributed by atoms with van der Waals surface area (Å²) in [6.45, 7) is 8.06. The van der Waals surface area contributed by atoms with Gasteiger partial charge in [0, 0.05) is 0 Å². The Hall–Kier alpha value is -0.970. The molecule has 0 radical (unpaired) electrons. The third-order valence-corrected chi connectivity index (χ3v) is 6.41. The zero-order valence-electron chi connectivity index (χ0n) is 11.8. The Morgan fingerprint density at radius 3 is 1.68 bits per heavy atom. The summed E-state index contributed by atoms with van der Waals surface area (Å²) in [7, 11) is -4.21. The van der Waals surface area contributed by atoms with Crippen LogP contribution in [-0.2, 0) is 27.7 Å². The Morgan fingerprint density at radius 1 is 1.00 bits per heavy atom. The van der Waals surface area contributed by atoms with Gasteiger partial charge in [-0.3, -0.25) is 0 Å². The SMILES string of the molecule is C/C=C\CP12(OC(=O)C(C)(C)O1)OC(=O)C(C)(C)O2. The van der Waals surface area contributed by atoms with Crippen LogP contribution < -0.4 is 0 Å². The van der Waals surface area contributed by atoms with Crippen LogP contribution in [0.5, 0.6) is 0 Å². The second kappa shape index (κ2) is 3.78. The van der Waals surface area contributed by atoms with Crippen LogP contribution in [0.1, 0.15) is 34.6 Å². The first-order chi connectivity index (χ1) is 8.54. The van der Waals surface area contributed by atoms with Crippen LogP contribution in [0.15, 0.2) is 12.2 Å². The third-order valence-electron chi connectivity index (χ3n) is 2.95. The first-order valence-corrected chi connectivity index (χ1v) is 8.18. The number of allylic oxidation sites excluding steroid dienone is 2. The molecule has 0 amide bonds. The summed E-state index contributed by atoms with van der Waals surface area (Å²) in [6.07, 6.45) is 3.57. The van der Waals surface area contributed by atoms with Gasteiger partial charge in [0.1, 0.15) is 0 Å². The van der Waals surface area contributed by atoms with Crippen molar-refractivity contribution in [2.24, 2.45) is 0 Å². The average molecular weight is 290 g/mol. The predicted octanol–water partition coefficient (Wildman–Crippen LogP) is 2.48. The van der Waals surface area contributed by atoms with Crippen molar-refractivity contribution in [3.05, 3.63) is 12.2 Å². The summed E-state index contributed by atoms with van der Waals surface area (Å²) in [6, 6.07) is 0. The van der Waals surface area contributed by atoms with Crippen molar-refractivity contribution in [1.29, 1.82) is 0 Å². The fourth-order valence-electron chi connectivity index (χ4n) is 2.03. The van der Waals surface area contributed by atoms with E-state index in [-0.39, 0.29) is 6.16 Å². The molecule has 0 aromatic heterocycles. The quantitative estimate of drug-likeness (QED) is 0.574. The average Bonchev–Trinajstić information content (AvgIpc) is 2.54. The summed E-state index contributed by atoms with van der Waals surface area (Å²) in [5.41, 5.74) is -2.39. The van der Waals surface area contributed by atoms with Crippen molar-refractivity contribution in [2.45, 2.75) is 45.8 Å². The van der Waals surface area contributed by atoms with E-state index in [4.69, 9.17) is 18.1 Å². The number of hydrogen-bond donors (Lipinski definition) is 0. The summed E-state index contributed by atoms with van der Waals surface area (Å²) < 4.78 is 22.2. The van der Waals surface area contributed by atoms with E-state index in [1.54, 1.807) is 46.8 Å². The van der Waals surface area contributed by atoms with Gasteiger partial charge in [0.2, 0.25) is 0 Å². The van der Waals surface area contributed by atoms with Crippen molar-refractivity contribution in [1.82, 2.24) is 0 Å². The molecular formula is C12H19O6P. The Morgan fingerprint density at radius 2 is 1.42 bits per heavy atom. The normalized spacial score (nSPS) is 31.9. The summed E-state index contributed by atoms with van der Waals surface area (Å²) in [4.78, 5) is 23.9. The summed E-state index contributed by atoms with van der Waals surface area (Å²) in [5, 5.41) is 0. The molecule has 2 aliphatic heterocycles. The standard InChI is InChI=1S/C12H19O6P/c1-6-7-8-19(15-9(13)11(2,3)17-19)16-10(14)12(4,5)18-19/h6-7H,8H2,1-5H3/b7-6-. The molecule has 0 saturated carbocycles. The Kier molecular flexibility index (Phi) is 2.87. The monoisotopic (exact) mass is 290 g/mol. The van der Waals surface area contributed by atoms with Crippen molar-refractivity contribution in [3.8, 4) is 0 Å². The molecule has 6 nitrogen and oxygen atoms in total. The molecule has 0 aromatic carbocycles. The van der Waals surface area contributed by atoms with E-state index < -0.39 is 30.7 Å². The minimum absolute atomic E-state index is 0.104. The van der Waals surface area contributed by atoms with E-state index in [0.717, 1.165) is 0 Å². The number of rotatable bonds is 2. The van der Waals surface area contributed by atoms with Crippen LogP contribution in [-0.4, -0.2) is 29.3 Å².